The molecule has 0 aliphatic heterocycles. The predicted octanol–water partition coefficient (Wildman–Crippen LogP) is 0.559. The minimum Gasteiger partial charge on any atom is -0.378 e. The van der Waals surface area contributed by atoms with E-state index in [0.29, 0.717) is 17.5 Å². The van der Waals surface area contributed by atoms with Gasteiger partial charge in [0.05, 0.1) is 11.5 Å². The zero-order chi connectivity index (χ0) is 11.0. The minimum atomic E-state index is -0.515. The van der Waals surface area contributed by atoms with Crippen LogP contribution in [0.5, 0.6) is 0 Å². The van der Waals surface area contributed by atoms with Gasteiger partial charge in [0.15, 0.2) is 0 Å². The van der Waals surface area contributed by atoms with Gasteiger partial charge in [0, 0.05) is 13.5 Å². The molecule has 0 spiro atoms. The van der Waals surface area contributed by atoms with E-state index in [9.17, 15) is 4.79 Å². The highest BCUT2D eigenvalue weighted by Gasteiger charge is 1.99. The van der Waals surface area contributed by atoms with E-state index in [4.69, 9.17) is 12.2 Å². The highest BCUT2D eigenvalue weighted by Crippen LogP contribution is 1.87. The highest BCUT2D eigenvalue weighted by molar-refractivity contribution is 7.80. The van der Waals surface area contributed by atoms with Crippen LogP contribution < -0.4 is 10.8 Å². The molecule has 0 aliphatic carbocycles. The Balaban J connectivity index is 3.31. The Labute approximate surface area is 89.0 Å². The summed E-state index contributed by atoms with van der Waals surface area (Å²) in [4.78, 5) is 19.4. The first-order valence-electron chi connectivity index (χ1n) is 4.36. The van der Waals surface area contributed by atoms with Gasteiger partial charge in [-0.3, -0.25) is 4.89 Å². The molecule has 0 atom stereocenters. The molecule has 0 radical (unpaired) electrons. The quantitative estimate of drug-likeness (QED) is 0.295. The van der Waals surface area contributed by atoms with E-state index in [2.05, 4.69) is 34.5 Å². The molecule has 6 heteroatoms. The second-order valence-electron chi connectivity index (χ2n) is 3.18. The number of nitrogens with one attached hydrogen (secondary N) is 2. The summed E-state index contributed by atoms with van der Waals surface area (Å²) in [6.07, 6.45) is 0. The number of hydroxylamine groups is 1. The summed E-state index contributed by atoms with van der Waals surface area (Å²) in [7, 11) is 0. The Hall–Kier alpha value is -0.720. The summed E-state index contributed by atoms with van der Waals surface area (Å²) in [6, 6.07) is 0. The van der Waals surface area contributed by atoms with Crippen molar-refractivity contribution >= 4 is 23.2 Å². The second kappa shape index (κ2) is 7.66. The Morgan fingerprint density at radius 3 is 2.64 bits per heavy atom. The number of rotatable bonds is 6. The summed E-state index contributed by atoms with van der Waals surface area (Å²) in [6.45, 7) is 6.54. The first kappa shape index (κ1) is 13.3. The number of thiocarbonyl (C=S) groups is 1. The Bertz CT molecular complexity index is 197. The maximum absolute atomic E-state index is 10.3. The molecule has 0 aromatic rings. The number of carbonyl (C=O) groups is 1. The van der Waals surface area contributed by atoms with Crippen LogP contribution in [0.4, 0.5) is 0 Å². The van der Waals surface area contributed by atoms with Gasteiger partial charge in [0.1, 0.15) is 0 Å². The lowest BCUT2D eigenvalue weighted by atomic mass is 10.2. The molecule has 14 heavy (non-hydrogen) atoms. The van der Waals surface area contributed by atoms with Gasteiger partial charge in [0.25, 0.3) is 0 Å². The van der Waals surface area contributed by atoms with Crippen molar-refractivity contribution in [1.82, 2.24) is 10.8 Å². The topological polar surface area (TPSA) is 59.6 Å². The molecule has 2 N–H and O–H groups in total. The molecule has 82 valence electrons. The van der Waals surface area contributed by atoms with Gasteiger partial charge in [0.2, 0.25) is 0 Å². The molecular formula is C8H16N2O3S. The zero-order valence-corrected chi connectivity index (χ0v) is 9.44. The summed E-state index contributed by atoms with van der Waals surface area (Å²) in [5.74, 6) is 0.0147. The van der Waals surface area contributed by atoms with E-state index in [1.54, 1.807) is 0 Å². The fourth-order valence-corrected chi connectivity index (χ4v) is 0.706. The largest absolute Gasteiger partial charge is 0.378 e. The van der Waals surface area contributed by atoms with E-state index in [1.807, 2.05) is 0 Å². The van der Waals surface area contributed by atoms with Gasteiger partial charge in [-0.2, -0.15) is 5.48 Å². The van der Waals surface area contributed by atoms with Gasteiger partial charge in [-0.1, -0.05) is 31.1 Å². The van der Waals surface area contributed by atoms with Gasteiger partial charge in [-0.25, -0.2) is 4.79 Å². The summed E-state index contributed by atoms with van der Waals surface area (Å²) in [5.41, 5.74) is 2.39. The van der Waals surface area contributed by atoms with Crippen molar-refractivity contribution in [3.05, 3.63) is 0 Å². The van der Waals surface area contributed by atoms with E-state index < -0.39 is 5.97 Å². The van der Waals surface area contributed by atoms with Gasteiger partial charge in [-0.05, 0) is 5.92 Å². The van der Waals surface area contributed by atoms with E-state index in [-0.39, 0.29) is 0 Å². The van der Waals surface area contributed by atoms with Crippen LogP contribution in [0.15, 0.2) is 0 Å². The van der Waals surface area contributed by atoms with Crippen molar-refractivity contribution in [3.63, 3.8) is 0 Å². The molecule has 0 saturated carbocycles. The van der Waals surface area contributed by atoms with Crippen molar-refractivity contribution in [2.24, 2.45) is 5.92 Å². The molecule has 0 amide bonds. The van der Waals surface area contributed by atoms with Crippen LogP contribution in [0.3, 0.4) is 0 Å². The van der Waals surface area contributed by atoms with Gasteiger partial charge in [-0.15, -0.1) is 0 Å². The highest BCUT2D eigenvalue weighted by atomic mass is 32.1. The lowest BCUT2D eigenvalue weighted by Crippen LogP contribution is -2.34. The van der Waals surface area contributed by atoms with Crippen LogP contribution in [-0.2, 0) is 14.7 Å². The molecule has 0 saturated heterocycles. The lowest BCUT2D eigenvalue weighted by molar-refractivity contribution is -0.304. The Kier molecular flexibility index (Phi) is 7.27. The fraction of sp³-hybridized carbons (Fsp3) is 0.750. The third kappa shape index (κ3) is 9.37. The zero-order valence-electron chi connectivity index (χ0n) is 8.62. The van der Waals surface area contributed by atoms with E-state index >= 15 is 0 Å². The first-order chi connectivity index (χ1) is 6.52. The molecule has 0 aliphatic rings. The van der Waals surface area contributed by atoms with Crippen LogP contribution in [0.25, 0.3) is 0 Å². The first-order valence-corrected chi connectivity index (χ1v) is 4.77. The van der Waals surface area contributed by atoms with Crippen LogP contribution in [-0.4, -0.2) is 24.0 Å². The maximum atomic E-state index is 10.3. The third-order valence-electron chi connectivity index (χ3n) is 1.16. The minimum absolute atomic E-state index is 0.315. The van der Waals surface area contributed by atoms with E-state index in [1.165, 1.54) is 6.92 Å². The van der Waals surface area contributed by atoms with Gasteiger partial charge >= 0.3 is 5.97 Å². The van der Waals surface area contributed by atoms with Crippen LogP contribution in [0, 0.1) is 5.92 Å². The molecule has 0 rings (SSSR count). The van der Waals surface area contributed by atoms with E-state index in [0.717, 1.165) is 6.54 Å². The van der Waals surface area contributed by atoms with Crippen molar-refractivity contribution < 1.29 is 14.7 Å². The molecule has 0 heterocycles. The van der Waals surface area contributed by atoms with Crippen LogP contribution in [0.2, 0.25) is 0 Å². The van der Waals surface area contributed by atoms with Crippen LogP contribution >= 0.6 is 12.2 Å². The third-order valence-corrected chi connectivity index (χ3v) is 1.45. The fourth-order valence-electron chi connectivity index (χ4n) is 0.564. The molecule has 0 unspecified atom stereocenters. The summed E-state index contributed by atoms with van der Waals surface area (Å²) >= 11 is 4.96. The SMILES string of the molecule is CC(=O)OONCC(=S)NCC(C)C. The smallest absolute Gasteiger partial charge is 0.341 e. The van der Waals surface area contributed by atoms with Crippen molar-refractivity contribution in [3.8, 4) is 0 Å². The molecule has 0 aromatic heterocycles. The predicted molar refractivity (Wildman–Crippen MR) is 56.3 cm³/mol. The Morgan fingerprint density at radius 2 is 2.14 bits per heavy atom. The second-order valence-corrected chi connectivity index (χ2v) is 3.67. The average Bonchev–Trinajstić information content (AvgIpc) is 2.08. The Morgan fingerprint density at radius 1 is 1.50 bits per heavy atom. The maximum Gasteiger partial charge on any atom is 0.341 e. The number of hydrogen-bond donors (Lipinski definition) is 2. The molecule has 0 aromatic carbocycles. The van der Waals surface area contributed by atoms with Gasteiger partial charge < -0.3 is 5.32 Å². The van der Waals surface area contributed by atoms with Crippen molar-refractivity contribution in [2.75, 3.05) is 13.1 Å². The normalized spacial score (nSPS) is 10.0. The lowest BCUT2D eigenvalue weighted by Gasteiger charge is -2.09. The average molecular weight is 220 g/mol. The summed E-state index contributed by atoms with van der Waals surface area (Å²) in [5, 5.41) is 3.02. The molecule has 0 fully saturated rings. The number of hydrogen-bond acceptors (Lipinski definition) is 5. The molecule has 5 nitrogen and oxygen atoms in total. The van der Waals surface area contributed by atoms with Crippen molar-refractivity contribution in [2.45, 2.75) is 20.8 Å². The molecule has 0 bridgehead atoms. The monoisotopic (exact) mass is 220 g/mol. The van der Waals surface area contributed by atoms with Crippen molar-refractivity contribution in [1.29, 1.82) is 0 Å². The standard InChI is InChI=1S/C8H16N2O3S/c1-6(2)4-9-8(14)5-10-13-12-7(3)11/h6,10H,4-5H2,1-3H3,(H,9,14). The summed E-state index contributed by atoms with van der Waals surface area (Å²) < 4.78 is 0. The molecular weight excluding hydrogens is 204 g/mol. The number of carbonyl (C=O) groups excluding carboxylic acids is 1. The van der Waals surface area contributed by atoms with Crippen LogP contribution in [0.1, 0.15) is 20.8 Å².